The Labute approximate surface area is 187 Å². The van der Waals surface area contributed by atoms with Crippen molar-refractivity contribution in [3.63, 3.8) is 0 Å². The first-order valence-corrected chi connectivity index (χ1v) is 10.6. The Morgan fingerprint density at radius 1 is 1.19 bits per heavy atom. The molecule has 1 heterocycles. The fraction of sp³-hybridized carbons (Fsp3) is 0.417. The molecule has 7 nitrogen and oxygen atoms in total. The number of carbonyl (C=O) groups is 2. The fourth-order valence-corrected chi connectivity index (χ4v) is 4.00. The first kappa shape index (κ1) is 25.5. The fourth-order valence-electron chi connectivity index (χ4n) is 4.00. The van der Waals surface area contributed by atoms with Gasteiger partial charge in [-0.15, -0.1) is 0 Å². The van der Waals surface area contributed by atoms with Crippen LogP contribution in [0.1, 0.15) is 24.0 Å². The molecule has 2 aromatic carbocycles. The molecule has 0 aliphatic carbocycles. The number of aliphatic hydroxyl groups is 2. The maximum absolute atomic E-state index is 13.6. The second-order valence-corrected chi connectivity index (χ2v) is 7.99. The number of piperidine rings is 1. The normalized spacial score (nSPS) is 20.7. The van der Waals surface area contributed by atoms with Gasteiger partial charge in [0.05, 0.1) is 12.7 Å². The van der Waals surface area contributed by atoms with Gasteiger partial charge in [0.1, 0.15) is 5.82 Å². The number of aliphatic hydroxyl groups excluding tert-OH is 2. The van der Waals surface area contributed by atoms with E-state index in [1.165, 1.54) is 6.07 Å². The minimum absolute atomic E-state index is 0.112. The molecule has 2 aromatic rings. The maximum Gasteiger partial charge on any atom is 0.290 e. The summed E-state index contributed by atoms with van der Waals surface area (Å²) in [5.41, 5.74) is 0.901. The number of carbonyl (C=O) groups excluding carboxylic acids is 1. The Morgan fingerprint density at radius 2 is 1.84 bits per heavy atom. The van der Waals surface area contributed by atoms with Gasteiger partial charge in [-0.1, -0.05) is 48.5 Å². The zero-order valence-electron chi connectivity index (χ0n) is 18.0. The van der Waals surface area contributed by atoms with Crippen molar-refractivity contribution in [2.75, 3.05) is 26.2 Å². The average Bonchev–Trinajstić information content (AvgIpc) is 2.80. The number of nitrogens with zero attached hydrogens (tertiary/aromatic N) is 1. The molecule has 0 unspecified atom stereocenters. The number of hydrogen-bond donors (Lipinski definition) is 4. The first-order chi connectivity index (χ1) is 15.4. The monoisotopic (exact) mass is 446 g/mol. The van der Waals surface area contributed by atoms with Crippen molar-refractivity contribution >= 4 is 12.4 Å². The molecule has 174 valence electrons. The summed E-state index contributed by atoms with van der Waals surface area (Å²) in [5.74, 6) is -0.469. The molecule has 32 heavy (non-hydrogen) atoms. The molecule has 1 fully saturated rings. The average molecular weight is 447 g/mol. The quantitative estimate of drug-likeness (QED) is 0.461. The lowest BCUT2D eigenvalue weighted by Crippen LogP contribution is -2.55. The molecule has 4 N–H and O–H groups in total. The third-order valence-corrected chi connectivity index (χ3v) is 5.77. The highest BCUT2D eigenvalue weighted by atomic mass is 19.1. The summed E-state index contributed by atoms with van der Waals surface area (Å²) in [6, 6.07) is 16.2. The number of nitrogens with one attached hydrogen (secondary N) is 1. The predicted molar refractivity (Wildman–Crippen MR) is 118 cm³/mol. The molecule has 0 aromatic heterocycles. The molecular weight excluding hydrogens is 415 g/mol. The second kappa shape index (κ2) is 12.9. The molecule has 0 spiro atoms. The first-order valence-electron chi connectivity index (χ1n) is 10.6. The zero-order chi connectivity index (χ0) is 23.4. The van der Waals surface area contributed by atoms with Crippen LogP contribution in [-0.4, -0.2) is 64.9 Å². The summed E-state index contributed by atoms with van der Waals surface area (Å²) in [4.78, 5) is 22.7. The van der Waals surface area contributed by atoms with Gasteiger partial charge in [-0.25, -0.2) is 4.39 Å². The van der Waals surface area contributed by atoms with Crippen LogP contribution in [-0.2, 0) is 22.6 Å². The van der Waals surface area contributed by atoms with Crippen molar-refractivity contribution in [2.45, 2.75) is 31.9 Å². The molecule has 3 rings (SSSR count). The van der Waals surface area contributed by atoms with E-state index in [4.69, 9.17) is 9.90 Å². The summed E-state index contributed by atoms with van der Waals surface area (Å²) in [7, 11) is 0. The molecule has 0 bridgehead atoms. The van der Waals surface area contributed by atoms with Crippen LogP contribution in [0, 0.1) is 11.2 Å². The SMILES string of the molecule is O=C(CCN1CC[C@H](O)[C@](CO)(Cc2ccccc2)C1)NCc1ccccc1F.O=CO. The van der Waals surface area contributed by atoms with Crippen LogP contribution in [0.25, 0.3) is 0 Å². The van der Waals surface area contributed by atoms with Crippen molar-refractivity contribution in [1.29, 1.82) is 0 Å². The summed E-state index contributed by atoms with van der Waals surface area (Å²) in [6.45, 7) is 1.54. The number of carboxylic acid groups (broad SMARTS) is 1. The van der Waals surface area contributed by atoms with Gasteiger partial charge in [-0.2, -0.15) is 0 Å². The van der Waals surface area contributed by atoms with Gasteiger partial charge in [-0.3, -0.25) is 9.59 Å². The molecule has 1 aliphatic heterocycles. The number of hydrogen-bond acceptors (Lipinski definition) is 5. The van der Waals surface area contributed by atoms with Crippen LogP contribution in [0.2, 0.25) is 0 Å². The summed E-state index contributed by atoms with van der Waals surface area (Å²) >= 11 is 0. The minimum Gasteiger partial charge on any atom is -0.483 e. The van der Waals surface area contributed by atoms with Crippen molar-refractivity contribution in [1.82, 2.24) is 10.2 Å². The largest absolute Gasteiger partial charge is 0.483 e. The summed E-state index contributed by atoms with van der Waals surface area (Å²) < 4.78 is 13.6. The Balaban J connectivity index is 0.00000114. The van der Waals surface area contributed by atoms with E-state index in [-0.39, 0.29) is 37.8 Å². The molecule has 0 saturated carbocycles. The molecule has 0 radical (unpaired) electrons. The molecule has 1 aliphatic rings. The van der Waals surface area contributed by atoms with Crippen LogP contribution in [0.4, 0.5) is 4.39 Å². The van der Waals surface area contributed by atoms with Crippen LogP contribution in [0.3, 0.4) is 0 Å². The van der Waals surface area contributed by atoms with Crippen molar-refractivity contribution < 1.29 is 29.3 Å². The van der Waals surface area contributed by atoms with Crippen LogP contribution in [0.15, 0.2) is 54.6 Å². The Hall–Kier alpha value is -2.81. The van der Waals surface area contributed by atoms with E-state index in [0.717, 1.165) is 5.56 Å². The van der Waals surface area contributed by atoms with Gasteiger partial charge in [-0.05, 0) is 24.5 Å². The van der Waals surface area contributed by atoms with Crippen LogP contribution >= 0.6 is 0 Å². The number of benzene rings is 2. The van der Waals surface area contributed by atoms with Crippen LogP contribution < -0.4 is 5.32 Å². The van der Waals surface area contributed by atoms with Crippen molar-refractivity contribution in [2.24, 2.45) is 5.41 Å². The minimum atomic E-state index is -0.636. The van der Waals surface area contributed by atoms with Gasteiger partial charge < -0.3 is 25.5 Å². The van der Waals surface area contributed by atoms with Gasteiger partial charge >= 0.3 is 0 Å². The lowest BCUT2D eigenvalue weighted by Gasteiger charge is -2.45. The number of rotatable bonds is 8. The van der Waals surface area contributed by atoms with Crippen LogP contribution in [0.5, 0.6) is 0 Å². The smallest absolute Gasteiger partial charge is 0.290 e. The van der Waals surface area contributed by atoms with E-state index >= 15 is 0 Å². The predicted octanol–water partition coefficient (Wildman–Crippen LogP) is 1.82. The van der Waals surface area contributed by atoms with E-state index in [1.54, 1.807) is 18.2 Å². The summed E-state index contributed by atoms with van der Waals surface area (Å²) in [6.07, 6.45) is 0.849. The molecule has 1 saturated heterocycles. The Kier molecular flexibility index (Phi) is 10.3. The van der Waals surface area contributed by atoms with Gasteiger partial charge in [0.15, 0.2) is 0 Å². The van der Waals surface area contributed by atoms with E-state index < -0.39 is 11.5 Å². The third kappa shape index (κ3) is 7.40. The molecule has 8 heteroatoms. The topological polar surface area (TPSA) is 110 Å². The van der Waals surface area contributed by atoms with E-state index in [1.807, 2.05) is 30.3 Å². The lowest BCUT2D eigenvalue weighted by molar-refractivity contribution is -0.123. The summed E-state index contributed by atoms with van der Waals surface area (Å²) in [5, 5.41) is 30.4. The van der Waals surface area contributed by atoms with E-state index in [2.05, 4.69) is 10.2 Å². The highest BCUT2D eigenvalue weighted by Crippen LogP contribution is 2.34. The highest BCUT2D eigenvalue weighted by molar-refractivity contribution is 5.76. The second-order valence-electron chi connectivity index (χ2n) is 7.99. The number of likely N-dealkylation sites (tertiary alicyclic amines) is 1. The van der Waals surface area contributed by atoms with Crippen molar-refractivity contribution in [3.8, 4) is 0 Å². The van der Waals surface area contributed by atoms with Gasteiger partial charge in [0.25, 0.3) is 6.47 Å². The highest BCUT2D eigenvalue weighted by Gasteiger charge is 2.42. The Morgan fingerprint density at radius 3 is 2.50 bits per heavy atom. The third-order valence-electron chi connectivity index (χ3n) is 5.77. The molecule has 1 amide bonds. The lowest BCUT2D eigenvalue weighted by atomic mass is 9.73. The van der Waals surface area contributed by atoms with Crippen molar-refractivity contribution in [3.05, 3.63) is 71.5 Å². The van der Waals surface area contributed by atoms with Gasteiger partial charge in [0, 0.05) is 43.6 Å². The van der Waals surface area contributed by atoms with E-state index in [0.29, 0.717) is 38.0 Å². The Bertz CT molecular complexity index is 851. The van der Waals surface area contributed by atoms with Gasteiger partial charge in [0.2, 0.25) is 5.91 Å². The maximum atomic E-state index is 13.6. The zero-order valence-corrected chi connectivity index (χ0v) is 18.0. The number of halogens is 1. The molecule has 2 atom stereocenters. The standard InChI is InChI=1S/C23H29FN2O3.CH2O2/c24-20-9-5-4-8-19(20)15-25-22(29)11-13-26-12-10-21(28)23(16-26,17-27)14-18-6-2-1-3-7-18;2-1-3/h1-9,21,27-28H,10-17H2,(H,25,29);1H,(H,2,3)/t21-,23+;/m0./s1. The molecular formula is C24H31FN2O5. The van der Waals surface area contributed by atoms with E-state index in [9.17, 15) is 19.4 Å². The number of amides is 1.